The molecule has 0 aliphatic rings. The number of para-hydroxylation sites is 1. The van der Waals surface area contributed by atoms with Gasteiger partial charge in [-0.1, -0.05) is 30.3 Å². The van der Waals surface area contributed by atoms with Gasteiger partial charge in [-0.25, -0.2) is 0 Å². The predicted molar refractivity (Wildman–Crippen MR) is 98.4 cm³/mol. The fourth-order valence-electron chi connectivity index (χ4n) is 2.93. The number of guanidine groups is 1. The smallest absolute Gasteiger partial charge is 0.185 e. The topological polar surface area (TPSA) is 78.6 Å². The van der Waals surface area contributed by atoms with E-state index in [1.807, 2.05) is 12.1 Å². The molecule has 1 aromatic heterocycles. The molecule has 0 radical (unpaired) electrons. The Morgan fingerprint density at radius 2 is 1.96 bits per heavy atom. The molecule has 0 amide bonds. The molecule has 124 valence electrons. The van der Waals surface area contributed by atoms with Crippen LogP contribution in [0.1, 0.15) is 11.1 Å². The van der Waals surface area contributed by atoms with Crippen molar-refractivity contribution in [2.45, 2.75) is 13.0 Å². The monoisotopic (exact) mass is 322 g/mol. The first kappa shape index (κ1) is 15.9. The summed E-state index contributed by atoms with van der Waals surface area (Å²) in [5.41, 5.74) is 14.5. The maximum atomic E-state index is 5.41. The molecule has 0 unspecified atom stereocenters. The molecule has 0 saturated carbocycles. The highest BCUT2D eigenvalue weighted by Gasteiger charge is 2.08. The van der Waals surface area contributed by atoms with Gasteiger partial charge in [0.2, 0.25) is 0 Å². The van der Waals surface area contributed by atoms with Gasteiger partial charge in [-0.2, -0.15) is 0 Å². The molecule has 0 spiro atoms. The van der Waals surface area contributed by atoms with Gasteiger partial charge in [0.1, 0.15) is 5.75 Å². The Morgan fingerprint density at radius 3 is 2.75 bits per heavy atom. The SMILES string of the molecule is COc1cccc(Cn2cc(CCN=C(N)N)c3ccccc32)c1. The number of ether oxygens (including phenoxy) is 1. The lowest BCUT2D eigenvalue weighted by Crippen LogP contribution is -2.23. The molecule has 1 heterocycles. The molecule has 5 nitrogen and oxygen atoms in total. The number of nitrogens with zero attached hydrogens (tertiary/aromatic N) is 2. The van der Waals surface area contributed by atoms with Crippen LogP contribution in [-0.2, 0) is 13.0 Å². The fourth-order valence-corrected chi connectivity index (χ4v) is 2.93. The Balaban J connectivity index is 1.91. The first-order chi connectivity index (χ1) is 11.7. The van der Waals surface area contributed by atoms with Gasteiger partial charge in [-0.3, -0.25) is 4.99 Å². The average molecular weight is 322 g/mol. The zero-order chi connectivity index (χ0) is 16.9. The van der Waals surface area contributed by atoms with Crippen molar-refractivity contribution >= 4 is 16.9 Å². The molecule has 2 aromatic carbocycles. The van der Waals surface area contributed by atoms with E-state index in [4.69, 9.17) is 16.2 Å². The Hall–Kier alpha value is -2.95. The standard InChI is InChI=1S/C19H22N4O/c1-24-16-6-4-5-14(11-16)12-23-13-15(9-10-22-19(20)21)17-7-2-3-8-18(17)23/h2-8,11,13H,9-10,12H2,1H3,(H4,20,21,22). The second-order valence-corrected chi connectivity index (χ2v) is 5.71. The second kappa shape index (κ2) is 7.08. The Labute approximate surface area is 141 Å². The second-order valence-electron chi connectivity index (χ2n) is 5.71. The Bertz CT molecular complexity index is 863. The third-order valence-electron chi connectivity index (χ3n) is 4.03. The van der Waals surface area contributed by atoms with Crippen LogP contribution in [0, 0.1) is 0 Å². The van der Waals surface area contributed by atoms with E-state index in [9.17, 15) is 0 Å². The lowest BCUT2D eigenvalue weighted by atomic mass is 10.1. The maximum Gasteiger partial charge on any atom is 0.185 e. The van der Waals surface area contributed by atoms with Gasteiger partial charge in [0.15, 0.2) is 5.96 Å². The highest BCUT2D eigenvalue weighted by atomic mass is 16.5. The zero-order valence-electron chi connectivity index (χ0n) is 13.8. The van der Waals surface area contributed by atoms with Crippen LogP contribution in [0.15, 0.2) is 59.7 Å². The van der Waals surface area contributed by atoms with Crippen molar-refractivity contribution in [3.05, 3.63) is 65.9 Å². The van der Waals surface area contributed by atoms with Crippen LogP contribution in [0.25, 0.3) is 10.9 Å². The minimum atomic E-state index is 0.134. The number of hydrogen-bond acceptors (Lipinski definition) is 2. The van der Waals surface area contributed by atoms with Gasteiger partial charge in [-0.05, 0) is 35.7 Å². The van der Waals surface area contributed by atoms with Gasteiger partial charge in [0, 0.05) is 30.2 Å². The Morgan fingerprint density at radius 1 is 1.12 bits per heavy atom. The maximum absolute atomic E-state index is 5.41. The van der Waals surface area contributed by atoms with Gasteiger partial charge in [-0.15, -0.1) is 0 Å². The highest BCUT2D eigenvalue weighted by Crippen LogP contribution is 2.23. The van der Waals surface area contributed by atoms with Crippen molar-refractivity contribution in [2.24, 2.45) is 16.5 Å². The van der Waals surface area contributed by atoms with Crippen LogP contribution >= 0.6 is 0 Å². The molecule has 0 saturated heterocycles. The number of rotatable bonds is 6. The van der Waals surface area contributed by atoms with Gasteiger partial charge >= 0.3 is 0 Å². The number of aliphatic imine (C=N–C) groups is 1. The summed E-state index contributed by atoms with van der Waals surface area (Å²) in [6, 6.07) is 16.5. The van der Waals surface area contributed by atoms with Crippen LogP contribution in [0.2, 0.25) is 0 Å². The molecule has 3 aromatic rings. The van der Waals surface area contributed by atoms with E-state index in [0.29, 0.717) is 6.54 Å². The molecule has 0 aliphatic carbocycles. The van der Waals surface area contributed by atoms with Crippen molar-refractivity contribution in [1.29, 1.82) is 0 Å². The summed E-state index contributed by atoms with van der Waals surface area (Å²) in [5.74, 6) is 1.01. The fraction of sp³-hybridized carbons (Fsp3) is 0.211. The summed E-state index contributed by atoms with van der Waals surface area (Å²) < 4.78 is 7.57. The number of hydrogen-bond donors (Lipinski definition) is 2. The molecule has 24 heavy (non-hydrogen) atoms. The van der Waals surface area contributed by atoms with E-state index in [2.05, 4.69) is 52.2 Å². The zero-order valence-corrected chi connectivity index (χ0v) is 13.8. The molecule has 0 atom stereocenters. The van der Waals surface area contributed by atoms with Crippen LogP contribution in [0.4, 0.5) is 0 Å². The number of nitrogens with two attached hydrogens (primary N) is 2. The van der Waals surface area contributed by atoms with Gasteiger partial charge in [0.05, 0.1) is 7.11 Å². The minimum Gasteiger partial charge on any atom is -0.497 e. The van der Waals surface area contributed by atoms with Crippen molar-refractivity contribution in [1.82, 2.24) is 4.57 Å². The van der Waals surface area contributed by atoms with E-state index < -0.39 is 0 Å². The van der Waals surface area contributed by atoms with Gasteiger partial charge in [0.25, 0.3) is 0 Å². The van der Waals surface area contributed by atoms with E-state index in [1.54, 1.807) is 7.11 Å². The normalized spacial score (nSPS) is 10.7. The third-order valence-corrected chi connectivity index (χ3v) is 4.03. The quantitative estimate of drug-likeness (QED) is 0.540. The minimum absolute atomic E-state index is 0.134. The molecule has 0 bridgehead atoms. The summed E-state index contributed by atoms with van der Waals surface area (Å²) >= 11 is 0. The molecule has 5 heteroatoms. The van der Waals surface area contributed by atoms with Gasteiger partial charge < -0.3 is 20.8 Å². The number of fused-ring (bicyclic) bond motifs is 1. The van der Waals surface area contributed by atoms with E-state index in [-0.39, 0.29) is 5.96 Å². The van der Waals surface area contributed by atoms with Crippen molar-refractivity contribution in [3.8, 4) is 5.75 Å². The largest absolute Gasteiger partial charge is 0.497 e. The van der Waals surface area contributed by atoms with E-state index in [1.165, 1.54) is 22.0 Å². The van der Waals surface area contributed by atoms with Crippen molar-refractivity contribution in [2.75, 3.05) is 13.7 Å². The average Bonchev–Trinajstić information content (AvgIpc) is 2.93. The number of aromatic nitrogens is 1. The summed E-state index contributed by atoms with van der Waals surface area (Å²) in [6.45, 7) is 1.38. The predicted octanol–water partition coefficient (Wildman–Crippen LogP) is 2.51. The lowest BCUT2D eigenvalue weighted by molar-refractivity contribution is 0.414. The van der Waals surface area contributed by atoms with E-state index >= 15 is 0 Å². The first-order valence-electron chi connectivity index (χ1n) is 7.92. The van der Waals surface area contributed by atoms with Crippen LogP contribution in [0.5, 0.6) is 5.75 Å². The summed E-state index contributed by atoms with van der Waals surface area (Å²) in [6.07, 6.45) is 3.00. The summed E-state index contributed by atoms with van der Waals surface area (Å²) in [7, 11) is 1.69. The van der Waals surface area contributed by atoms with Crippen molar-refractivity contribution < 1.29 is 4.74 Å². The number of methoxy groups -OCH3 is 1. The summed E-state index contributed by atoms with van der Waals surface area (Å²) in [5, 5.41) is 1.24. The third kappa shape index (κ3) is 3.51. The van der Waals surface area contributed by atoms with Crippen molar-refractivity contribution in [3.63, 3.8) is 0 Å². The van der Waals surface area contributed by atoms with Crippen LogP contribution in [-0.4, -0.2) is 24.2 Å². The molecule has 0 fully saturated rings. The Kier molecular flexibility index (Phi) is 4.70. The van der Waals surface area contributed by atoms with Crippen LogP contribution < -0.4 is 16.2 Å². The lowest BCUT2D eigenvalue weighted by Gasteiger charge is -2.07. The highest BCUT2D eigenvalue weighted by molar-refractivity contribution is 5.84. The summed E-state index contributed by atoms with van der Waals surface area (Å²) in [4.78, 5) is 4.09. The molecule has 0 aliphatic heterocycles. The van der Waals surface area contributed by atoms with E-state index in [0.717, 1.165) is 18.7 Å². The molecule has 4 N–H and O–H groups in total. The molecular weight excluding hydrogens is 300 g/mol. The van der Waals surface area contributed by atoms with Crippen LogP contribution in [0.3, 0.4) is 0 Å². The number of benzene rings is 2. The molecule has 3 rings (SSSR count). The first-order valence-corrected chi connectivity index (χ1v) is 7.92. The molecular formula is C19H22N4O.